The van der Waals surface area contributed by atoms with Crippen LogP contribution in [0.3, 0.4) is 0 Å². The maximum absolute atomic E-state index is 13.1. The van der Waals surface area contributed by atoms with Gasteiger partial charge in [0.25, 0.3) is 0 Å². The van der Waals surface area contributed by atoms with Gasteiger partial charge in [-0.25, -0.2) is 17.2 Å². The third-order valence-corrected chi connectivity index (χ3v) is 5.23. The Morgan fingerprint density at radius 3 is 2.35 bits per heavy atom. The van der Waals surface area contributed by atoms with E-state index in [2.05, 4.69) is 5.32 Å². The normalized spacial score (nSPS) is 11.4. The van der Waals surface area contributed by atoms with Crippen LogP contribution < -0.4 is 10.1 Å². The van der Waals surface area contributed by atoms with Crippen molar-refractivity contribution >= 4 is 21.6 Å². The minimum Gasteiger partial charge on any atom is -0.494 e. The second kappa shape index (κ2) is 8.24. The van der Waals surface area contributed by atoms with Crippen LogP contribution in [-0.4, -0.2) is 38.8 Å². The van der Waals surface area contributed by atoms with E-state index in [1.807, 2.05) is 6.92 Å². The van der Waals surface area contributed by atoms with Gasteiger partial charge in [0.05, 0.1) is 18.0 Å². The van der Waals surface area contributed by atoms with Crippen molar-refractivity contribution < 1.29 is 26.7 Å². The summed E-state index contributed by atoms with van der Waals surface area (Å²) in [6, 6.07) is 8.65. The van der Waals surface area contributed by atoms with E-state index < -0.39 is 34.1 Å². The number of ether oxygens (including phenoxy) is 1. The van der Waals surface area contributed by atoms with Crippen molar-refractivity contribution in [2.75, 3.05) is 25.5 Å². The lowest BCUT2D eigenvalue weighted by atomic mass is 10.3. The first-order valence-corrected chi connectivity index (χ1v) is 9.12. The molecule has 0 aliphatic heterocycles. The van der Waals surface area contributed by atoms with Gasteiger partial charge in [0.1, 0.15) is 5.75 Å². The number of rotatable bonds is 7. The Labute approximate surface area is 150 Å². The summed E-state index contributed by atoms with van der Waals surface area (Å²) in [4.78, 5) is 12.0. The molecule has 2 aromatic carbocycles. The Morgan fingerprint density at radius 2 is 1.77 bits per heavy atom. The van der Waals surface area contributed by atoms with E-state index in [1.165, 1.54) is 37.4 Å². The molecule has 0 bridgehead atoms. The van der Waals surface area contributed by atoms with E-state index in [0.29, 0.717) is 12.4 Å². The third kappa shape index (κ3) is 4.77. The van der Waals surface area contributed by atoms with Gasteiger partial charge >= 0.3 is 0 Å². The van der Waals surface area contributed by atoms with Gasteiger partial charge in [0.2, 0.25) is 15.9 Å². The zero-order valence-electron chi connectivity index (χ0n) is 14.2. The highest BCUT2D eigenvalue weighted by molar-refractivity contribution is 7.89. The molecule has 0 unspecified atom stereocenters. The molecule has 0 aromatic heterocycles. The molecule has 0 aliphatic rings. The fraction of sp³-hybridized carbons (Fsp3) is 0.235. The molecule has 1 N–H and O–H groups in total. The van der Waals surface area contributed by atoms with Crippen molar-refractivity contribution in [1.82, 2.24) is 4.31 Å². The van der Waals surface area contributed by atoms with Crippen LogP contribution in [0.4, 0.5) is 14.5 Å². The van der Waals surface area contributed by atoms with E-state index in [1.54, 1.807) is 0 Å². The first kappa shape index (κ1) is 19.8. The molecule has 0 aliphatic carbocycles. The Hall–Kier alpha value is -2.52. The van der Waals surface area contributed by atoms with Crippen LogP contribution in [0.25, 0.3) is 0 Å². The summed E-state index contributed by atoms with van der Waals surface area (Å²) in [7, 11) is -2.64. The number of nitrogens with one attached hydrogen (secondary N) is 1. The van der Waals surface area contributed by atoms with Gasteiger partial charge in [-0.05, 0) is 43.3 Å². The summed E-state index contributed by atoms with van der Waals surface area (Å²) >= 11 is 0. The predicted octanol–water partition coefficient (Wildman–Crippen LogP) is 2.62. The average Bonchev–Trinajstić information content (AvgIpc) is 2.59. The van der Waals surface area contributed by atoms with Gasteiger partial charge in [-0.3, -0.25) is 4.79 Å². The molecular weight excluding hydrogens is 366 g/mol. The smallest absolute Gasteiger partial charge is 0.243 e. The topological polar surface area (TPSA) is 75.7 Å². The molecule has 0 spiro atoms. The molecule has 140 valence electrons. The first-order chi connectivity index (χ1) is 12.2. The van der Waals surface area contributed by atoms with Crippen LogP contribution in [0.1, 0.15) is 6.92 Å². The highest BCUT2D eigenvalue weighted by atomic mass is 32.2. The van der Waals surface area contributed by atoms with Crippen molar-refractivity contribution in [1.29, 1.82) is 0 Å². The van der Waals surface area contributed by atoms with Gasteiger partial charge < -0.3 is 10.1 Å². The molecule has 0 radical (unpaired) electrons. The first-order valence-electron chi connectivity index (χ1n) is 7.68. The second-order valence-corrected chi connectivity index (χ2v) is 7.39. The number of amides is 1. The van der Waals surface area contributed by atoms with Crippen LogP contribution in [-0.2, 0) is 14.8 Å². The lowest BCUT2D eigenvalue weighted by Gasteiger charge is -2.17. The lowest BCUT2D eigenvalue weighted by molar-refractivity contribution is -0.116. The van der Waals surface area contributed by atoms with Gasteiger partial charge in [0.15, 0.2) is 11.6 Å². The summed E-state index contributed by atoms with van der Waals surface area (Å²) in [5, 5.41) is 2.32. The van der Waals surface area contributed by atoms with E-state index >= 15 is 0 Å². The fourth-order valence-corrected chi connectivity index (χ4v) is 3.24. The number of anilines is 1. The van der Waals surface area contributed by atoms with Crippen LogP contribution in [0.15, 0.2) is 47.4 Å². The van der Waals surface area contributed by atoms with Crippen molar-refractivity contribution in [3.63, 3.8) is 0 Å². The number of carbonyl (C=O) groups is 1. The quantitative estimate of drug-likeness (QED) is 0.796. The Balaban J connectivity index is 2.05. The largest absolute Gasteiger partial charge is 0.494 e. The van der Waals surface area contributed by atoms with E-state index in [-0.39, 0.29) is 10.6 Å². The van der Waals surface area contributed by atoms with Gasteiger partial charge in [-0.1, -0.05) is 0 Å². The number of halogens is 2. The fourth-order valence-electron chi connectivity index (χ4n) is 2.12. The van der Waals surface area contributed by atoms with Gasteiger partial charge in [-0.2, -0.15) is 4.31 Å². The molecule has 0 saturated heterocycles. The number of sulfonamides is 1. The predicted molar refractivity (Wildman–Crippen MR) is 92.4 cm³/mol. The molecule has 1 amide bonds. The molecule has 6 nitrogen and oxygen atoms in total. The average molecular weight is 384 g/mol. The van der Waals surface area contributed by atoms with Crippen LogP contribution >= 0.6 is 0 Å². The molecule has 9 heteroatoms. The summed E-state index contributed by atoms with van der Waals surface area (Å²) in [5.74, 6) is -2.31. The number of carbonyl (C=O) groups excluding carboxylic acids is 1. The summed E-state index contributed by atoms with van der Waals surface area (Å²) in [5.41, 5.74) is 0.0285. The SMILES string of the molecule is CCOc1ccc(S(=O)(=O)N(C)CC(=O)Nc2ccc(F)c(F)c2)cc1. The maximum Gasteiger partial charge on any atom is 0.243 e. The monoisotopic (exact) mass is 384 g/mol. The van der Waals surface area contributed by atoms with Crippen LogP contribution in [0.2, 0.25) is 0 Å². The zero-order chi connectivity index (χ0) is 19.3. The lowest BCUT2D eigenvalue weighted by Crippen LogP contribution is -2.35. The Morgan fingerprint density at radius 1 is 1.12 bits per heavy atom. The van der Waals surface area contributed by atoms with Crippen molar-refractivity contribution in [3.8, 4) is 5.75 Å². The van der Waals surface area contributed by atoms with Crippen molar-refractivity contribution in [2.24, 2.45) is 0 Å². The maximum atomic E-state index is 13.1. The molecule has 0 atom stereocenters. The molecule has 0 saturated carbocycles. The number of likely N-dealkylation sites (N-methyl/N-ethyl adjacent to an activating group) is 1. The van der Waals surface area contributed by atoms with Crippen LogP contribution in [0, 0.1) is 11.6 Å². The molecule has 2 rings (SSSR count). The van der Waals surface area contributed by atoms with Gasteiger partial charge in [0, 0.05) is 18.8 Å². The Kier molecular flexibility index (Phi) is 6.27. The Bertz CT molecular complexity index is 886. The van der Waals surface area contributed by atoms with Crippen molar-refractivity contribution in [2.45, 2.75) is 11.8 Å². The highest BCUT2D eigenvalue weighted by Gasteiger charge is 2.23. The number of benzene rings is 2. The summed E-state index contributed by atoms with van der Waals surface area (Å²) in [6.45, 7) is 1.77. The van der Waals surface area contributed by atoms with Crippen LogP contribution in [0.5, 0.6) is 5.75 Å². The molecule has 2 aromatic rings. The standard InChI is InChI=1S/C17H18F2N2O4S/c1-3-25-13-5-7-14(8-6-13)26(23,24)21(2)11-17(22)20-12-4-9-15(18)16(19)10-12/h4-10H,3,11H2,1-2H3,(H,20,22). The summed E-state index contributed by atoms with van der Waals surface area (Å²) in [6.07, 6.45) is 0. The van der Waals surface area contributed by atoms with E-state index in [4.69, 9.17) is 4.74 Å². The van der Waals surface area contributed by atoms with E-state index in [0.717, 1.165) is 16.4 Å². The molecule has 0 fully saturated rings. The molecule has 26 heavy (non-hydrogen) atoms. The van der Waals surface area contributed by atoms with Gasteiger partial charge in [-0.15, -0.1) is 0 Å². The zero-order valence-corrected chi connectivity index (χ0v) is 15.0. The van der Waals surface area contributed by atoms with Crippen molar-refractivity contribution in [3.05, 3.63) is 54.1 Å². The number of nitrogens with zero attached hydrogens (tertiary/aromatic N) is 1. The van der Waals surface area contributed by atoms with E-state index in [9.17, 15) is 22.0 Å². The molecule has 0 heterocycles. The third-order valence-electron chi connectivity index (χ3n) is 3.41. The number of hydrogen-bond acceptors (Lipinski definition) is 4. The minimum absolute atomic E-state index is 0.00378. The number of hydrogen-bond donors (Lipinski definition) is 1. The minimum atomic E-state index is -3.89. The highest BCUT2D eigenvalue weighted by Crippen LogP contribution is 2.19. The molecular formula is C17H18F2N2O4S. The second-order valence-electron chi connectivity index (χ2n) is 5.34. The summed E-state index contributed by atoms with van der Waals surface area (Å²) < 4.78 is 57.1.